The Kier molecular flexibility index (Phi) is 7.37. The average Bonchev–Trinajstić information content (AvgIpc) is 2.46. The summed E-state index contributed by atoms with van der Waals surface area (Å²) in [5, 5.41) is 2.97. The molecular weight excluding hydrogens is 346 g/mol. The lowest BCUT2D eigenvalue weighted by Crippen LogP contribution is -2.40. The Labute approximate surface area is 150 Å². The molecular formula is C16H29N3O3S2. The Morgan fingerprint density at radius 2 is 2.00 bits per heavy atom. The van der Waals surface area contributed by atoms with Gasteiger partial charge >= 0.3 is 0 Å². The van der Waals surface area contributed by atoms with E-state index in [1.165, 1.54) is 0 Å². The fourth-order valence-corrected chi connectivity index (χ4v) is 3.27. The largest absolute Gasteiger partial charge is 0.398 e. The molecule has 1 unspecified atom stereocenters. The number of nitrogens with one attached hydrogen (secondary N) is 2. The smallest absolute Gasteiger partial charge is 0.220 e. The minimum Gasteiger partial charge on any atom is -0.398 e. The first-order valence-electron chi connectivity index (χ1n) is 8.10. The molecule has 0 aromatic heterocycles. The van der Waals surface area contributed by atoms with E-state index in [0.717, 1.165) is 10.5 Å². The molecule has 0 saturated heterocycles. The van der Waals surface area contributed by atoms with Gasteiger partial charge in [0, 0.05) is 23.6 Å². The van der Waals surface area contributed by atoms with Crippen molar-refractivity contribution in [2.45, 2.75) is 64.2 Å². The highest BCUT2D eigenvalue weighted by atomic mass is 32.2. The van der Waals surface area contributed by atoms with E-state index in [1.54, 1.807) is 20.8 Å². The van der Waals surface area contributed by atoms with Crippen LogP contribution in [0.1, 0.15) is 53.4 Å². The van der Waals surface area contributed by atoms with E-state index in [0.29, 0.717) is 37.9 Å². The van der Waals surface area contributed by atoms with Crippen molar-refractivity contribution in [3.05, 3.63) is 22.3 Å². The summed E-state index contributed by atoms with van der Waals surface area (Å²) in [7, 11) is -3.32. The normalized spacial score (nSPS) is 19.2. The fraction of sp³-hybridized carbons (Fsp3) is 0.688. The van der Waals surface area contributed by atoms with Crippen LogP contribution in [-0.4, -0.2) is 31.7 Å². The van der Waals surface area contributed by atoms with Crippen molar-refractivity contribution in [3.8, 4) is 0 Å². The van der Waals surface area contributed by atoms with Crippen molar-refractivity contribution < 1.29 is 13.2 Å². The molecule has 1 atom stereocenters. The third kappa shape index (κ3) is 5.82. The molecule has 24 heavy (non-hydrogen) atoms. The Balaban J connectivity index is 2.31. The lowest BCUT2D eigenvalue weighted by Gasteiger charge is -2.24. The van der Waals surface area contributed by atoms with Crippen LogP contribution in [0.5, 0.6) is 0 Å². The van der Waals surface area contributed by atoms with Crippen molar-refractivity contribution in [2.75, 3.05) is 6.54 Å². The minimum atomic E-state index is -3.32. The van der Waals surface area contributed by atoms with Gasteiger partial charge in [-0.05, 0) is 52.5 Å². The van der Waals surface area contributed by atoms with E-state index in [9.17, 15) is 13.2 Å². The molecule has 138 valence electrons. The summed E-state index contributed by atoms with van der Waals surface area (Å²) < 4.78 is 25.5. The van der Waals surface area contributed by atoms with Crippen LogP contribution >= 0.6 is 12.6 Å². The van der Waals surface area contributed by atoms with Crippen molar-refractivity contribution in [1.29, 1.82) is 0 Å². The maximum Gasteiger partial charge on any atom is 0.220 e. The summed E-state index contributed by atoms with van der Waals surface area (Å²) in [6.45, 7) is 7.21. The molecule has 0 aliphatic heterocycles. The van der Waals surface area contributed by atoms with Crippen LogP contribution in [0.2, 0.25) is 0 Å². The van der Waals surface area contributed by atoms with Gasteiger partial charge in [-0.3, -0.25) is 4.79 Å². The molecule has 0 spiro atoms. The molecule has 0 bridgehead atoms. The van der Waals surface area contributed by atoms with Crippen LogP contribution < -0.4 is 15.8 Å². The lowest BCUT2D eigenvalue weighted by atomic mass is 9.98. The van der Waals surface area contributed by atoms with Gasteiger partial charge in [0.15, 0.2) is 0 Å². The van der Waals surface area contributed by atoms with Gasteiger partial charge < -0.3 is 11.1 Å². The number of rotatable bonds is 7. The second-order valence-corrected chi connectivity index (χ2v) is 9.98. The number of sulfonamides is 1. The van der Waals surface area contributed by atoms with Gasteiger partial charge in [0.1, 0.15) is 0 Å². The van der Waals surface area contributed by atoms with Gasteiger partial charge in [0.05, 0.1) is 10.8 Å². The first kappa shape index (κ1) is 21.1. The topological polar surface area (TPSA) is 101 Å². The number of unbranched alkanes of at least 4 members (excludes halogenated alkanes) is 1. The van der Waals surface area contributed by atoms with Crippen LogP contribution in [0.3, 0.4) is 0 Å². The molecule has 8 heteroatoms. The van der Waals surface area contributed by atoms with Crippen molar-refractivity contribution >= 4 is 28.6 Å². The predicted octanol–water partition coefficient (Wildman–Crippen LogP) is 1.81. The monoisotopic (exact) mass is 375 g/mol. The Morgan fingerprint density at radius 1 is 1.38 bits per heavy atom. The summed E-state index contributed by atoms with van der Waals surface area (Å²) >= 11 is 4.35. The first-order chi connectivity index (χ1) is 11.0. The lowest BCUT2D eigenvalue weighted by molar-refractivity contribution is -0.121. The van der Waals surface area contributed by atoms with Gasteiger partial charge in [-0.15, -0.1) is 12.6 Å². The maximum atomic E-state index is 12.0. The van der Waals surface area contributed by atoms with Gasteiger partial charge in [-0.25, -0.2) is 13.1 Å². The highest BCUT2D eigenvalue weighted by Gasteiger charge is 2.28. The molecule has 0 heterocycles. The molecule has 0 aromatic carbocycles. The van der Waals surface area contributed by atoms with E-state index in [-0.39, 0.29) is 11.9 Å². The zero-order valence-corrected chi connectivity index (χ0v) is 16.6. The van der Waals surface area contributed by atoms with E-state index in [1.807, 2.05) is 13.0 Å². The highest BCUT2D eigenvalue weighted by Crippen LogP contribution is 2.25. The van der Waals surface area contributed by atoms with E-state index < -0.39 is 14.8 Å². The molecule has 1 aliphatic carbocycles. The summed E-state index contributed by atoms with van der Waals surface area (Å²) in [6.07, 6.45) is 4.13. The number of carbonyl (C=O) groups excluding carboxylic acids is 1. The standard InChI is InChI=1S/C16H29N3O3S2/c1-11-13(9-8-12(17)15(11)23)19-14(20)7-5-6-10-18-24(21,22)16(2,3)4/h8,13,18,23H,5-7,9-10,17H2,1-4H3,(H,19,20). The Hall–Kier alpha value is -0.990. The molecule has 0 radical (unpaired) electrons. The Morgan fingerprint density at radius 3 is 2.58 bits per heavy atom. The third-order valence-corrected chi connectivity index (χ3v) is 6.81. The summed E-state index contributed by atoms with van der Waals surface area (Å²) in [5.74, 6) is -0.0481. The first-order valence-corrected chi connectivity index (χ1v) is 10.0. The van der Waals surface area contributed by atoms with Gasteiger partial charge in [0.2, 0.25) is 15.9 Å². The van der Waals surface area contributed by atoms with Crippen LogP contribution in [0, 0.1) is 0 Å². The molecule has 0 fully saturated rings. The minimum absolute atomic E-state index is 0.0481. The van der Waals surface area contributed by atoms with Crippen LogP contribution in [0.4, 0.5) is 0 Å². The molecule has 0 aromatic rings. The van der Waals surface area contributed by atoms with Crippen molar-refractivity contribution in [3.63, 3.8) is 0 Å². The highest BCUT2D eigenvalue weighted by molar-refractivity contribution is 7.90. The quantitative estimate of drug-likeness (QED) is 0.403. The molecule has 6 nitrogen and oxygen atoms in total. The van der Waals surface area contributed by atoms with Crippen molar-refractivity contribution in [1.82, 2.24) is 10.0 Å². The van der Waals surface area contributed by atoms with Crippen LogP contribution in [0.15, 0.2) is 22.3 Å². The molecule has 4 N–H and O–H groups in total. The number of amides is 1. The maximum absolute atomic E-state index is 12.0. The Bertz CT molecular complexity index is 631. The summed E-state index contributed by atoms with van der Waals surface area (Å²) in [4.78, 5) is 12.7. The van der Waals surface area contributed by atoms with Crippen LogP contribution in [-0.2, 0) is 14.8 Å². The van der Waals surface area contributed by atoms with Gasteiger partial charge in [-0.1, -0.05) is 6.08 Å². The number of hydrogen-bond donors (Lipinski definition) is 4. The summed E-state index contributed by atoms with van der Waals surface area (Å²) in [5.41, 5.74) is 7.41. The number of hydrogen-bond acceptors (Lipinski definition) is 5. The van der Waals surface area contributed by atoms with Crippen molar-refractivity contribution in [2.24, 2.45) is 5.73 Å². The predicted molar refractivity (Wildman–Crippen MR) is 101 cm³/mol. The summed E-state index contributed by atoms with van der Waals surface area (Å²) in [6, 6.07) is -0.0725. The van der Waals surface area contributed by atoms with E-state index in [4.69, 9.17) is 5.73 Å². The van der Waals surface area contributed by atoms with Gasteiger partial charge in [0.25, 0.3) is 0 Å². The second-order valence-electron chi connectivity index (χ2n) is 7.01. The third-order valence-electron chi connectivity index (χ3n) is 4.01. The van der Waals surface area contributed by atoms with E-state index >= 15 is 0 Å². The fourth-order valence-electron chi connectivity index (χ4n) is 2.18. The van der Waals surface area contributed by atoms with E-state index in [2.05, 4.69) is 22.7 Å². The average molecular weight is 376 g/mol. The molecule has 1 aliphatic rings. The zero-order valence-electron chi connectivity index (χ0n) is 14.8. The molecule has 1 amide bonds. The molecule has 1 rings (SSSR count). The number of nitrogens with two attached hydrogens (primary N) is 1. The SMILES string of the molecule is CC1=C(S)C(N)=CCC1NC(=O)CCCCNS(=O)(=O)C(C)(C)C. The number of thiol groups is 1. The zero-order chi connectivity index (χ0) is 18.5. The number of carbonyl (C=O) groups is 1. The van der Waals surface area contributed by atoms with Crippen LogP contribution in [0.25, 0.3) is 0 Å². The van der Waals surface area contributed by atoms with Gasteiger partial charge in [-0.2, -0.15) is 0 Å². The second kappa shape index (κ2) is 8.40. The molecule has 0 saturated carbocycles.